The van der Waals surface area contributed by atoms with Crippen LogP contribution in [0, 0.1) is 10.1 Å². The molecular formula is C38H43BrClN3O7. The number of hydrogen-bond donors (Lipinski definition) is 2. The summed E-state index contributed by atoms with van der Waals surface area (Å²) in [7, 11) is 1.47. The number of carbonyl (C=O) groups is 2. The molecule has 12 heteroatoms. The molecule has 0 aromatic heterocycles. The van der Waals surface area contributed by atoms with Crippen molar-refractivity contribution < 1.29 is 29.1 Å². The molecule has 0 spiro atoms. The molecule has 0 atom stereocenters. The predicted octanol–water partition coefficient (Wildman–Crippen LogP) is 11.2. The smallest absolute Gasteiger partial charge is 0.420 e. The number of anilines is 2. The summed E-state index contributed by atoms with van der Waals surface area (Å²) in [5.41, 5.74) is 1.11. The van der Waals surface area contributed by atoms with E-state index in [0.29, 0.717) is 50.2 Å². The number of ether oxygens (including phenoxy) is 2. The first-order valence-electron chi connectivity index (χ1n) is 16.9. The number of unbranched alkanes of at least 4 members (excludes halogenated alkanes) is 9. The van der Waals surface area contributed by atoms with E-state index >= 15 is 0 Å². The normalized spacial score (nSPS) is 11.0. The van der Waals surface area contributed by atoms with Crippen molar-refractivity contribution in [2.24, 2.45) is 0 Å². The first kappa shape index (κ1) is 38.5. The summed E-state index contributed by atoms with van der Waals surface area (Å²) in [5.74, 6) is -0.642. The van der Waals surface area contributed by atoms with Gasteiger partial charge >= 0.3 is 11.8 Å². The van der Waals surface area contributed by atoms with E-state index in [4.69, 9.17) is 21.1 Å². The van der Waals surface area contributed by atoms with Crippen LogP contribution in [0.3, 0.4) is 0 Å². The summed E-state index contributed by atoms with van der Waals surface area (Å²) < 4.78 is 11.0. The molecule has 0 heterocycles. The van der Waals surface area contributed by atoms with E-state index in [0.717, 1.165) is 19.3 Å². The van der Waals surface area contributed by atoms with Gasteiger partial charge in [-0.05, 0) is 48.4 Å². The standard InChI is InChI=1S/C38H43BrClN3O7/c1-3-4-5-6-7-8-9-10-11-12-22-42(38(46)50-35-20-16-26(25-39)23-33(35)43(47)48)32-15-13-14-29-28(32)18-19-30(36(29)44)37(45)41-31-24-27(40)17-21-34(31)49-2/h13-21,23-24,44H,3-12,22,25H2,1-2H3,(H,41,45). The zero-order chi connectivity index (χ0) is 36.0. The molecule has 4 aromatic rings. The van der Waals surface area contributed by atoms with Crippen LogP contribution in [0.25, 0.3) is 10.8 Å². The monoisotopic (exact) mass is 767 g/mol. The fourth-order valence-electron chi connectivity index (χ4n) is 5.80. The van der Waals surface area contributed by atoms with E-state index in [1.165, 1.54) is 68.7 Å². The highest BCUT2D eigenvalue weighted by Gasteiger charge is 2.26. The van der Waals surface area contributed by atoms with E-state index in [1.807, 2.05) is 0 Å². The summed E-state index contributed by atoms with van der Waals surface area (Å²) in [5, 5.41) is 27.6. The molecule has 0 unspecified atom stereocenters. The summed E-state index contributed by atoms with van der Waals surface area (Å²) >= 11 is 9.44. The molecule has 266 valence electrons. The highest BCUT2D eigenvalue weighted by atomic mass is 79.9. The molecule has 0 bridgehead atoms. The average Bonchev–Trinajstić information content (AvgIpc) is 3.11. The van der Waals surface area contributed by atoms with Crippen molar-refractivity contribution in [1.82, 2.24) is 0 Å². The third kappa shape index (κ3) is 10.1. The van der Waals surface area contributed by atoms with Crippen molar-refractivity contribution in [2.75, 3.05) is 23.9 Å². The number of alkyl halides is 1. The number of nitro groups is 1. The van der Waals surface area contributed by atoms with Crippen LogP contribution in [-0.2, 0) is 5.33 Å². The molecule has 50 heavy (non-hydrogen) atoms. The van der Waals surface area contributed by atoms with Crippen molar-refractivity contribution in [3.05, 3.63) is 93.0 Å². The number of nitrogens with one attached hydrogen (secondary N) is 1. The molecule has 2 N–H and O–H groups in total. The Hall–Kier alpha value is -4.35. The lowest BCUT2D eigenvalue weighted by atomic mass is 10.0. The molecule has 0 radical (unpaired) electrons. The van der Waals surface area contributed by atoms with Crippen LogP contribution < -0.4 is 19.7 Å². The van der Waals surface area contributed by atoms with Crippen LogP contribution in [0.2, 0.25) is 5.02 Å². The minimum Gasteiger partial charge on any atom is -0.506 e. The Morgan fingerprint density at radius 2 is 1.58 bits per heavy atom. The lowest BCUT2D eigenvalue weighted by molar-refractivity contribution is -0.385. The van der Waals surface area contributed by atoms with Crippen LogP contribution in [0.1, 0.15) is 87.1 Å². The number of fused-ring (bicyclic) bond motifs is 1. The van der Waals surface area contributed by atoms with Gasteiger partial charge in [-0.25, -0.2) is 4.79 Å². The van der Waals surface area contributed by atoms with Crippen LogP contribution in [0.5, 0.6) is 17.2 Å². The Kier molecular flexibility index (Phi) is 14.7. The van der Waals surface area contributed by atoms with Gasteiger partial charge < -0.3 is 19.9 Å². The van der Waals surface area contributed by atoms with E-state index in [1.54, 1.807) is 48.5 Å². The van der Waals surface area contributed by atoms with Crippen LogP contribution >= 0.6 is 27.5 Å². The molecule has 0 saturated carbocycles. The predicted molar refractivity (Wildman–Crippen MR) is 203 cm³/mol. The maximum Gasteiger partial charge on any atom is 0.420 e. The zero-order valence-corrected chi connectivity index (χ0v) is 30.7. The highest BCUT2D eigenvalue weighted by molar-refractivity contribution is 9.08. The number of phenols is 1. The van der Waals surface area contributed by atoms with Crippen molar-refractivity contribution >= 4 is 67.4 Å². The van der Waals surface area contributed by atoms with E-state index in [9.17, 15) is 24.8 Å². The van der Waals surface area contributed by atoms with Crippen LogP contribution in [0.4, 0.5) is 21.9 Å². The number of aromatic hydroxyl groups is 1. The molecular weight excluding hydrogens is 726 g/mol. The van der Waals surface area contributed by atoms with Crippen molar-refractivity contribution in [3.8, 4) is 17.2 Å². The van der Waals surface area contributed by atoms with Crippen molar-refractivity contribution in [2.45, 2.75) is 76.5 Å². The average molecular weight is 769 g/mol. The number of halogens is 2. The van der Waals surface area contributed by atoms with Gasteiger partial charge in [0.1, 0.15) is 11.5 Å². The Balaban J connectivity index is 1.60. The Labute approximate surface area is 306 Å². The number of rotatable bonds is 18. The van der Waals surface area contributed by atoms with Gasteiger partial charge in [-0.1, -0.05) is 117 Å². The summed E-state index contributed by atoms with van der Waals surface area (Å²) in [4.78, 5) is 39.9. The quantitative estimate of drug-likeness (QED) is 0.0446. The summed E-state index contributed by atoms with van der Waals surface area (Å²) in [6.07, 6.45) is 10.3. The van der Waals surface area contributed by atoms with Gasteiger partial charge in [-0.15, -0.1) is 0 Å². The Bertz CT molecular complexity index is 1800. The molecule has 4 aromatic carbocycles. The maximum atomic E-state index is 13.9. The number of nitrogens with zero attached hydrogens (tertiary/aromatic N) is 2. The van der Waals surface area contributed by atoms with Gasteiger partial charge in [-0.3, -0.25) is 19.8 Å². The van der Waals surface area contributed by atoms with Gasteiger partial charge in [0.2, 0.25) is 5.75 Å². The van der Waals surface area contributed by atoms with E-state index in [-0.39, 0.29) is 29.3 Å². The summed E-state index contributed by atoms with van der Waals surface area (Å²) in [6, 6.07) is 17.4. The summed E-state index contributed by atoms with van der Waals surface area (Å²) in [6.45, 7) is 2.48. The minimum atomic E-state index is -0.794. The van der Waals surface area contributed by atoms with Crippen molar-refractivity contribution in [1.29, 1.82) is 0 Å². The minimum absolute atomic E-state index is 0.00278. The van der Waals surface area contributed by atoms with Gasteiger partial charge in [-0.2, -0.15) is 0 Å². The second-order valence-corrected chi connectivity index (χ2v) is 13.0. The molecule has 0 aliphatic rings. The third-order valence-corrected chi connectivity index (χ3v) is 9.37. The van der Waals surface area contributed by atoms with Crippen LogP contribution in [0.15, 0.2) is 66.7 Å². The van der Waals surface area contributed by atoms with E-state index < -0.39 is 16.9 Å². The number of benzene rings is 4. The molecule has 0 aliphatic heterocycles. The van der Waals surface area contributed by atoms with E-state index in [2.05, 4.69) is 28.2 Å². The van der Waals surface area contributed by atoms with Crippen LogP contribution in [-0.4, -0.2) is 35.7 Å². The fraction of sp³-hybridized carbons (Fsp3) is 0.368. The number of nitro benzene ring substituents is 1. The molecule has 0 aliphatic carbocycles. The number of hydrogen-bond acceptors (Lipinski definition) is 7. The SMILES string of the molecule is CCCCCCCCCCCCN(C(=O)Oc1ccc(CBr)cc1[N+](=O)[O-])c1cccc2c(O)c(C(=O)Nc3cc(Cl)ccc3OC)ccc12. The number of amides is 2. The Morgan fingerprint density at radius 1 is 0.900 bits per heavy atom. The zero-order valence-electron chi connectivity index (χ0n) is 28.4. The second kappa shape index (κ2) is 19.2. The van der Waals surface area contributed by atoms with Gasteiger partial charge in [0, 0.05) is 33.7 Å². The lowest BCUT2D eigenvalue weighted by Crippen LogP contribution is -2.34. The molecule has 2 amide bonds. The molecule has 4 rings (SSSR count). The maximum absolute atomic E-state index is 13.9. The first-order valence-corrected chi connectivity index (χ1v) is 18.4. The topological polar surface area (TPSA) is 131 Å². The third-order valence-electron chi connectivity index (χ3n) is 8.48. The largest absolute Gasteiger partial charge is 0.506 e. The second-order valence-electron chi connectivity index (χ2n) is 12.0. The molecule has 0 saturated heterocycles. The number of carbonyl (C=O) groups excluding carboxylic acids is 2. The Morgan fingerprint density at radius 3 is 2.24 bits per heavy atom. The van der Waals surface area contributed by atoms with Gasteiger partial charge in [0.15, 0.2) is 0 Å². The molecule has 10 nitrogen and oxygen atoms in total. The number of methoxy groups -OCH3 is 1. The fourth-order valence-corrected chi connectivity index (χ4v) is 6.32. The van der Waals surface area contributed by atoms with Gasteiger partial charge in [0.05, 0.1) is 29.0 Å². The molecule has 0 fully saturated rings. The highest BCUT2D eigenvalue weighted by Crippen LogP contribution is 2.37. The van der Waals surface area contributed by atoms with Crippen molar-refractivity contribution in [3.63, 3.8) is 0 Å². The first-order chi connectivity index (χ1) is 24.2. The lowest BCUT2D eigenvalue weighted by Gasteiger charge is -2.24. The van der Waals surface area contributed by atoms with Gasteiger partial charge in [0.25, 0.3) is 5.91 Å². The number of phenolic OH excluding ortho intramolecular Hbond substituents is 1.